The van der Waals surface area contributed by atoms with Gasteiger partial charge in [0.2, 0.25) is 5.95 Å². The molecule has 6 heterocycles. The molecule has 7 rings (SSSR count). The molecule has 2 aliphatic heterocycles. The molecule has 2 fully saturated rings. The maximum atomic E-state index is 14.1. The van der Waals surface area contributed by atoms with E-state index in [1.807, 2.05) is 6.07 Å². The third kappa shape index (κ3) is 5.77. The monoisotopic (exact) mass is 658 g/mol. The van der Waals surface area contributed by atoms with Gasteiger partial charge in [0.1, 0.15) is 0 Å². The van der Waals surface area contributed by atoms with Gasteiger partial charge in [-0.25, -0.2) is 23.0 Å². The summed E-state index contributed by atoms with van der Waals surface area (Å²) in [5, 5.41) is 9.04. The van der Waals surface area contributed by atoms with Crippen LogP contribution in [0.1, 0.15) is 24.0 Å². The van der Waals surface area contributed by atoms with E-state index in [0.29, 0.717) is 65.0 Å². The number of nitrogens with zero attached hydrogens (tertiary/aromatic N) is 6. The zero-order valence-corrected chi connectivity index (χ0v) is 27.2. The first-order chi connectivity index (χ1) is 22.3. The first-order valence-electron chi connectivity index (χ1n) is 15.2. The number of ether oxygens (including phenoxy) is 1. The number of aromatic nitrogens is 5. The Kier molecular flexibility index (Phi) is 8.27. The Morgan fingerprint density at radius 3 is 2.52 bits per heavy atom. The number of rotatable bonds is 7. The molecule has 0 radical (unpaired) electrons. The number of hydrogen-bond acceptors (Lipinski definition) is 12. The van der Waals surface area contributed by atoms with Crippen molar-refractivity contribution in [3.63, 3.8) is 0 Å². The summed E-state index contributed by atoms with van der Waals surface area (Å²) >= 11 is 1.31. The third-order valence-electron chi connectivity index (χ3n) is 8.51. The van der Waals surface area contributed by atoms with E-state index in [2.05, 4.69) is 49.5 Å². The Morgan fingerprint density at radius 1 is 1.00 bits per heavy atom. The van der Waals surface area contributed by atoms with Crippen molar-refractivity contribution in [1.29, 1.82) is 0 Å². The fraction of sp³-hybridized carbons (Fsp3) is 0.344. The van der Waals surface area contributed by atoms with Crippen molar-refractivity contribution in [2.75, 3.05) is 49.6 Å². The number of piperazine rings is 1. The van der Waals surface area contributed by atoms with Crippen molar-refractivity contribution < 1.29 is 13.2 Å². The van der Waals surface area contributed by atoms with Crippen molar-refractivity contribution >= 4 is 49.5 Å². The second-order valence-electron chi connectivity index (χ2n) is 11.5. The van der Waals surface area contributed by atoms with Crippen LogP contribution in [0.2, 0.25) is 0 Å². The highest BCUT2D eigenvalue weighted by Gasteiger charge is 2.30. The number of sulfone groups is 1. The highest BCUT2D eigenvalue weighted by molar-refractivity contribution is 7.92. The molecule has 2 N–H and O–H groups in total. The van der Waals surface area contributed by atoms with Crippen LogP contribution in [0.15, 0.2) is 64.0 Å². The summed E-state index contributed by atoms with van der Waals surface area (Å²) in [6.45, 7) is 8.56. The summed E-state index contributed by atoms with van der Waals surface area (Å²) in [4.78, 5) is 34.9. The fourth-order valence-electron chi connectivity index (χ4n) is 6.12. The van der Waals surface area contributed by atoms with Gasteiger partial charge in [0.05, 0.1) is 21.4 Å². The standard InChI is InChI=1S/C32H34N8O4S2/c1-20-15-23(3-4-27(20)39-10-7-33-8-11-39)37-31-36-18-22-17-26(30(41)40(29(22)38-31)32-34-9-14-45-32)28-21(2)16-25(19-35-28)46(42,43)24-5-12-44-13-6-24/h3-4,9,14-19,24,33H,5-8,10-13H2,1-2H3,(H,36,37,38). The molecule has 0 saturated carbocycles. The van der Waals surface area contributed by atoms with E-state index >= 15 is 0 Å². The Bertz CT molecular complexity index is 2070. The molecule has 0 aliphatic carbocycles. The van der Waals surface area contributed by atoms with Crippen LogP contribution in [0.5, 0.6) is 0 Å². The largest absolute Gasteiger partial charge is 0.381 e. The molecule has 2 aliphatic rings. The fourth-order valence-corrected chi connectivity index (χ4v) is 8.50. The van der Waals surface area contributed by atoms with Gasteiger partial charge in [-0.15, -0.1) is 11.3 Å². The molecule has 238 valence electrons. The lowest BCUT2D eigenvalue weighted by Gasteiger charge is -2.30. The smallest absolute Gasteiger partial charge is 0.268 e. The van der Waals surface area contributed by atoms with Gasteiger partial charge in [-0.1, -0.05) is 0 Å². The average Bonchev–Trinajstić information content (AvgIpc) is 3.60. The van der Waals surface area contributed by atoms with E-state index < -0.39 is 15.1 Å². The average molecular weight is 659 g/mol. The molecule has 0 atom stereocenters. The highest BCUT2D eigenvalue weighted by Crippen LogP contribution is 2.30. The van der Waals surface area contributed by atoms with Gasteiger partial charge in [-0.3, -0.25) is 9.78 Å². The molecular weight excluding hydrogens is 625 g/mol. The summed E-state index contributed by atoms with van der Waals surface area (Å²) in [5.74, 6) is 0.344. The van der Waals surface area contributed by atoms with Gasteiger partial charge >= 0.3 is 0 Å². The van der Waals surface area contributed by atoms with Crippen LogP contribution >= 0.6 is 11.3 Å². The number of nitrogens with one attached hydrogen (secondary N) is 2. The van der Waals surface area contributed by atoms with Crippen LogP contribution < -0.4 is 21.1 Å². The van der Waals surface area contributed by atoms with Crippen LogP contribution in [0.3, 0.4) is 0 Å². The maximum Gasteiger partial charge on any atom is 0.268 e. The summed E-state index contributed by atoms with van der Waals surface area (Å²) in [6.07, 6.45) is 5.55. The number of aryl methyl sites for hydroxylation is 2. The van der Waals surface area contributed by atoms with Gasteiger partial charge in [0, 0.05) is 80.1 Å². The van der Waals surface area contributed by atoms with E-state index in [1.165, 1.54) is 27.8 Å². The summed E-state index contributed by atoms with van der Waals surface area (Å²) in [5.41, 5.74) is 4.50. The maximum absolute atomic E-state index is 14.1. The third-order valence-corrected chi connectivity index (χ3v) is 11.5. The molecule has 0 bridgehead atoms. The van der Waals surface area contributed by atoms with Crippen molar-refractivity contribution in [2.45, 2.75) is 36.8 Å². The lowest BCUT2D eigenvalue weighted by Crippen LogP contribution is -2.43. The van der Waals surface area contributed by atoms with Crippen LogP contribution in [-0.4, -0.2) is 77.6 Å². The SMILES string of the molecule is Cc1cc(Nc2ncc3cc(-c4ncc(S(=O)(=O)C5CCOCC5)cc4C)c(=O)n(-c4nccs4)c3n2)ccc1N1CCNCC1. The van der Waals surface area contributed by atoms with Crippen LogP contribution in [0, 0.1) is 13.8 Å². The molecule has 2 saturated heterocycles. The van der Waals surface area contributed by atoms with E-state index in [-0.39, 0.29) is 10.5 Å². The number of hydrogen-bond donors (Lipinski definition) is 2. The molecule has 0 spiro atoms. The minimum Gasteiger partial charge on any atom is -0.381 e. The lowest BCUT2D eigenvalue weighted by atomic mass is 10.1. The normalized spacial score (nSPS) is 16.2. The summed E-state index contributed by atoms with van der Waals surface area (Å²) in [6, 6.07) is 9.50. The molecule has 0 amide bonds. The molecule has 14 heteroatoms. The van der Waals surface area contributed by atoms with Crippen LogP contribution in [-0.2, 0) is 14.6 Å². The van der Waals surface area contributed by atoms with Crippen molar-refractivity contribution in [3.05, 3.63) is 75.8 Å². The molecular formula is C32H34N8O4S2. The Morgan fingerprint density at radius 2 is 1.80 bits per heavy atom. The molecule has 4 aromatic heterocycles. The second-order valence-corrected chi connectivity index (χ2v) is 14.6. The van der Waals surface area contributed by atoms with Gasteiger partial charge in [-0.05, 0) is 68.1 Å². The Balaban J connectivity index is 1.25. The predicted molar refractivity (Wildman–Crippen MR) is 179 cm³/mol. The first kappa shape index (κ1) is 30.4. The Hall–Kier alpha value is -4.24. The van der Waals surface area contributed by atoms with Crippen molar-refractivity contribution in [2.24, 2.45) is 0 Å². The molecule has 1 aromatic carbocycles. The molecule has 5 aromatic rings. The predicted octanol–water partition coefficient (Wildman–Crippen LogP) is 4.02. The van der Waals surface area contributed by atoms with Gasteiger partial charge in [-0.2, -0.15) is 4.98 Å². The number of thiazole rings is 1. The topological polar surface area (TPSA) is 144 Å². The highest BCUT2D eigenvalue weighted by atomic mass is 32.2. The minimum atomic E-state index is -3.58. The van der Waals surface area contributed by atoms with Gasteiger partial charge < -0.3 is 20.3 Å². The van der Waals surface area contributed by atoms with Gasteiger partial charge in [0.15, 0.2) is 20.6 Å². The summed E-state index contributed by atoms with van der Waals surface area (Å²) in [7, 11) is -3.58. The summed E-state index contributed by atoms with van der Waals surface area (Å²) < 4.78 is 33.4. The number of pyridine rings is 2. The zero-order valence-electron chi connectivity index (χ0n) is 25.6. The van der Waals surface area contributed by atoms with E-state index in [4.69, 9.17) is 9.72 Å². The lowest BCUT2D eigenvalue weighted by molar-refractivity contribution is 0.0983. The Labute approximate surface area is 270 Å². The van der Waals surface area contributed by atoms with E-state index in [9.17, 15) is 13.2 Å². The second kappa shape index (κ2) is 12.5. The number of benzene rings is 1. The van der Waals surface area contributed by atoms with E-state index in [1.54, 1.807) is 36.8 Å². The number of fused-ring (bicyclic) bond motifs is 1. The van der Waals surface area contributed by atoms with Crippen molar-refractivity contribution in [3.8, 4) is 16.4 Å². The molecule has 0 unspecified atom stereocenters. The van der Waals surface area contributed by atoms with Gasteiger partial charge in [0.25, 0.3) is 5.56 Å². The van der Waals surface area contributed by atoms with E-state index in [0.717, 1.165) is 37.4 Å². The zero-order chi connectivity index (χ0) is 31.8. The first-order valence-corrected chi connectivity index (χ1v) is 17.7. The molecule has 46 heavy (non-hydrogen) atoms. The van der Waals surface area contributed by atoms with Crippen LogP contribution in [0.4, 0.5) is 17.3 Å². The molecule has 12 nitrogen and oxygen atoms in total. The van der Waals surface area contributed by atoms with Crippen LogP contribution in [0.25, 0.3) is 27.4 Å². The quantitative estimate of drug-likeness (QED) is 0.262. The van der Waals surface area contributed by atoms with Crippen molar-refractivity contribution in [1.82, 2.24) is 29.8 Å². The minimum absolute atomic E-state index is 0.150. The number of anilines is 3.